The Labute approximate surface area is 211 Å². The van der Waals surface area contributed by atoms with Gasteiger partial charge in [0, 0.05) is 24.2 Å². The molecule has 5 unspecified atom stereocenters. The van der Waals surface area contributed by atoms with Crippen LogP contribution in [0.15, 0.2) is 48.7 Å². The summed E-state index contributed by atoms with van der Waals surface area (Å²) in [5.74, 6) is -0.676. The molecule has 2 saturated carbocycles. The number of amides is 1. The molecular weight excluding hydrogens is 459 g/mol. The SMILES string of the molecule is CC1OC(=O)[C@]2(C(=O)NCCO)CC3CCCCC3C(/C=C/c3ccc(-c4cccc(F)c4)cn3)C12. The molecule has 3 aliphatic rings. The molecule has 1 aromatic heterocycles. The summed E-state index contributed by atoms with van der Waals surface area (Å²) in [6.45, 7) is 1.83. The van der Waals surface area contributed by atoms with E-state index in [1.54, 1.807) is 12.3 Å². The molecule has 5 rings (SSSR count). The Hall–Kier alpha value is -3.06. The van der Waals surface area contributed by atoms with Gasteiger partial charge in [-0.15, -0.1) is 0 Å². The van der Waals surface area contributed by atoms with E-state index in [9.17, 15) is 19.1 Å². The largest absolute Gasteiger partial charge is 0.461 e. The van der Waals surface area contributed by atoms with Gasteiger partial charge in [0.15, 0.2) is 5.41 Å². The second-order valence-electron chi connectivity index (χ2n) is 10.4. The molecule has 36 heavy (non-hydrogen) atoms. The molecule has 0 bridgehead atoms. The first kappa shape index (κ1) is 24.6. The lowest BCUT2D eigenvalue weighted by atomic mass is 9.51. The first-order valence-corrected chi connectivity index (χ1v) is 12.9. The monoisotopic (exact) mass is 492 g/mol. The number of hydrogen-bond acceptors (Lipinski definition) is 5. The van der Waals surface area contributed by atoms with Gasteiger partial charge in [-0.3, -0.25) is 14.6 Å². The zero-order chi connectivity index (χ0) is 25.3. The Morgan fingerprint density at radius 2 is 2.08 bits per heavy atom. The number of carbonyl (C=O) groups excluding carboxylic acids is 2. The van der Waals surface area contributed by atoms with Gasteiger partial charge in [0.05, 0.1) is 12.3 Å². The van der Waals surface area contributed by atoms with Crippen molar-refractivity contribution in [3.8, 4) is 11.1 Å². The third-order valence-electron chi connectivity index (χ3n) is 8.43. The third kappa shape index (κ3) is 4.34. The quantitative estimate of drug-likeness (QED) is 0.462. The summed E-state index contributed by atoms with van der Waals surface area (Å²) in [5, 5.41) is 12.0. The molecule has 6 nitrogen and oxygen atoms in total. The zero-order valence-electron chi connectivity index (χ0n) is 20.5. The highest BCUT2D eigenvalue weighted by Gasteiger charge is 2.67. The number of aliphatic hydroxyl groups is 1. The molecule has 2 heterocycles. The van der Waals surface area contributed by atoms with Crippen LogP contribution in [-0.4, -0.2) is 41.2 Å². The number of halogens is 1. The van der Waals surface area contributed by atoms with Gasteiger partial charge in [0.2, 0.25) is 5.91 Å². The highest BCUT2D eigenvalue weighted by atomic mass is 19.1. The van der Waals surface area contributed by atoms with Crippen LogP contribution in [0.4, 0.5) is 4.39 Å². The molecule has 2 aromatic rings. The van der Waals surface area contributed by atoms with Crippen molar-refractivity contribution >= 4 is 18.0 Å². The fourth-order valence-electron chi connectivity index (χ4n) is 6.90. The van der Waals surface area contributed by atoms with E-state index >= 15 is 0 Å². The number of carbonyl (C=O) groups is 2. The van der Waals surface area contributed by atoms with E-state index in [1.165, 1.54) is 12.1 Å². The van der Waals surface area contributed by atoms with E-state index in [0.29, 0.717) is 12.3 Å². The van der Waals surface area contributed by atoms with Gasteiger partial charge in [-0.1, -0.05) is 43.5 Å². The van der Waals surface area contributed by atoms with Crippen LogP contribution in [-0.2, 0) is 14.3 Å². The molecular formula is C29H33FN2O4. The Morgan fingerprint density at radius 3 is 2.83 bits per heavy atom. The van der Waals surface area contributed by atoms with Crippen molar-refractivity contribution in [3.05, 3.63) is 60.2 Å². The summed E-state index contributed by atoms with van der Waals surface area (Å²) in [4.78, 5) is 31.2. The number of benzene rings is 1. The molecule has 0 radical (unpaired) electrons. The maximum Gasteiger partial charge on any atom is 0.322 e. The lowest BCUT2D eigenvalue weighted by Crippen LogP contribution is -2.57. The van der Waals surface area contributed by atoms with Crippen LogP contribution in [0.25, 0.3) is 17.2 Å². The van der Waals surface area contributed by atoms with Gasteiger partial charge in [0.1, 0.15) is 11.9 Å². The summed E-state index contributed by atoms with van der Waals surface area (Å²) in [5.41, 5.74) is 1.14. The third-order valence-corrected chi connectivity index (χ3v) is 8.43. The topological polar surface area (TPSA) is 88.5 Å². The van der Waals surface area contributed by atoms with Gasteiger partial charge in [-0.2, -0.15) is 0 Å². The molecule has 1 aromatic carbocycles. The fraction of sp³-hybridized carbons (Fsp3) is 0.483. The smallest absolute Gasteiger partial charge is 0.322 e. The molecule has 7 heteroatoms. The first-order valence-electron chi connectivity index (χ1n) is 12.9. The average Bonchev–Trinajstić information content (AvgIpc) is 3.15. The van der Waals surface area contributed by atoms with E-state index in [-0.39, 0.29) is 48.7 Å². The highest BCUT2D eigenvalue weighted by Crippen LogP contribution is 2.59. The standard InChI is InChI=1S/C29H33FN2O4/c1-18-26-25(12-11-23-10-9-21(17-32-23)19-6-4-7-22(30)15-19)24-8-3-2-5-20(24)16-29(26,28(35)36-18)27(34)31-13-14-33/h4,6-7,9-12,15,17-18,20,24-26,33H,2-3,5,8,13-14,16H2,1H3,(H,31,34)/b12-11+/t18?,20?,24?,25?,26?,29-/m1/s1. The van der Waals surface area contributed by atoms with Gasteiger partial charge < -0.3 is 15.2 Å². The molecule has 6 atom stereocenters. The summed E-state index contributed by atoms with van der Waals surface area (Å²) < 4.78 is 19.3. The molecule has 1 amide bonds. The molecule has 2 aliphatic carbocycles. The number of esters is 1. The molecule has 0 spiro atoms. The van der Waals surface area contributed by atoms with Gasteiger partial charge in [-0.25, -0.2) is 4.39 Å². The number of ether oxygens (including phenoxy) is 1. The number of fused-ring (bicyclic) bond motifs is 2. The van der Waals surface area contributed by atoms with Crippen LogP contribution in [0, 0.1) is 34.9 Å². The number of cyclic esters (lactones) is 1. The number of aromatic nitrogens is 1. The Morgan fingerprint density at radius 1 is 1.25 bits per heavy atom. The lowest BCUT2D eigenvalue weighted by molar-refractivity contribution is -0.158. The molecule has 190 valence electrons. The van der Waals surface area contributed by atoms with Crippen LogP contribution in [0.1, 0.15) is 44.7 Å². The number of allylic oxidation sites excluding steroid dienone is 1. The Kier molecular flexibility index (Phi) is 6.93. The molecule has 1 saturated heterocycles. The van der Waals surface area contributed by atoms with Crippen molar-refractivity contribution < 1.29 is 23.8 Å². The fourth-order valence-corrected chi connectivity index (χ4v) is 6.90. The second kappa shape index (κ2) is 10.1. The molecule has 1 aliphatic heterocycles. The van der Waals surface area contributed by atoms with Crippen molar-refractivity contribution in [1.29, 1.82) is 0 Å². The van der Waals surface area contributed by atoms with Crippen LogP contribution in [0.5, 0.6) is 0 Å². The van der Waals surface area contributed by atoms with Gasteiger partial charge in [-0.05, 0) is 67.4 Å². The van der Waals surface area contributed by atoms with Crippen molar-refractivity contribution in [3.63, 3.8) is 0 Å². The predicted octanol–water partition coefficient (Wildman–Crippen LogP) is 4.38. The van der Waals surface area contributed by atoms with Gasteiger partial charge in [0.25, 0.3) is 0 Å². The van der Waals surface area contributed by atoms with Crippen LogP contribution < -0.4 is 5.32 Å². The van der Waals surface area contributed by atoms with E-state index in [4.69, 9.17) is 4.74 Å². The first-order chi connectivity index (χ1) is 17.4. The number of rotatable bonds is 6. The Bertz CT molecular complexity index is 1150. The van der Waals surface area contributed by atoms with Crippen molar-refractivity contribution in [2.45, 2.75) is 45.1 Å². The van der Waals surface area contributed by atoms with Crippen molar-refractivity contribution in [1.82, 2.24) is 10.3 Å². The molecule has 2 N–H and O–H groups in total. The Balaban J connectivity index is 1.46. The maximum absolute atomic E-state index is 13.6. The van der Waals surface area contributed by atoms with Crippen LogP contribution >= 0.6 is 0 Å². The van der Waals surface area contributed by atoms with Gasteiger partial charge >= 0.3 is 5.97 Å². The van der Waals surface area contributed by atoms with Crippen molar-refractivity contribution in [2.24, 2.45) is 29.1 Å². The minimum absolute atomic E-state index is 0.00456. The van der Waals surface area contributed by atoms with E-state index in [1.807, 2.05) is 31.2 Å². The zero-order valence-corrected chi connectivity index (χ0v) is 20.5. The van der Waals surface area contributed by atoms with Crippen molar-refractivity contribution in [2.75, 3.05) is 13.2 Å². The second-order valence-corrected chi connectivity index (χ2v) is 10.4. The normalized spacial score (nSPS) is 31.5. The highest BCUT2D eigenvalue weighted by molar-refractivity contribution is 6.04. The summed E-state index contributed by atoms with van der Waals surface area (Å²) >= 11 is 0. The maximum atomic E-state index is 13.6. The summed E-state index contributed by atoms with van der Waals surface area (Å²) in [7, 11) is 0. The van der Waals surface area contributed by atoms with Crippen LogP contribution in [0.2, 0.25) is 0 Å². The van der Waals surface area contributed by atoms with E-state index in [0.717, 1.165) is 42.5 Å². The number of hydrogen-bond donors (Lipinski definition) is 2. The minimum Gasteiger partial charge on any atom is -0.461 e. The van der Waals surface area contributed by atoms with E-state index in [2.05, 4.69) is 16.4 Å². The van der Waals surface area contributed by atoms with Crippen LogP contribution in [0.3, 0.4) is 0 Å². The minimum atomic E-state index is -1.23. The summed E-state index contributed by atoms with van der Waals surface area (Å²) in [6, 6.07) is 10.2. The summed E-state index contributed by atoms with van der Waals surface area (Å²) in [6.07, 6.45) is 10.3. The average molecular weight is 493 g/mol. The number of aliphatic hydroxyl groups excluding tert-OH is 1. The number of nitrogens with zero attached hydrogens (tertiary/aromatic N) is 1. The molecule has 3 fully saturated rings. The lowest BCUT2D eigenvalue weighted by Gasteiger charge is -2.50. The number of pyridine rings is 1. The van der Waals surface area contributed by atoms with E-state index < -0.39 is 11.4 Å². The number of nitrogens with one attached hydrogen (secondary N) is 1. The predicted molar refractivity (Wildman–Crippen MR) is 134 cm³/mol.